The van der Waals surface area contributed by atoms with Gasteiger partial charge in [0.2, 0.25) is 0 Å². The van der Waals surface area contributed by atoms with E-state index in [-0.39, 0.29) is 25.2 Å². The van der Waals surface area contributed by atoms with Crippen LogP contribution in [-0.4, -0.2) is 55.3 Å². The maximum Gasteiger partial charge on any atom is 0.401 e. The number of nitro benzene ring substituents is 1. The number of nitro groups is 1. The number of rotatable bonds is 9. The Labute approximate surface area is 150 Å². The van der Waals surface area contributed by atoms with Gasteiger partial charge in [-0.1, -0.05) is 0 Å². The first kappa shape index (κ1) is 22.3. The van der Waals surface area contributed by atoms with Crippen LogP contribution in [0.4, 0.5) is 38.1 Å². The van der Waals surface area contributed by atoms with Crippen LogP contribution in [0, 0.1) is 10.1 Å². The van der Waals surface area contributed by atoms with Crippen molar-refractivity contribution in [1.29, 1.82) is 0 Å². The third kappa shape index (κ3) is 8.99. The molecule has 0 radical (unpaired) electrons. The highest BCUT2D eigenvalue weighted by Gasteiger charge is 2.28. The second kappa shape index (κ2) is 9.85. The first-order chi connectivity index (χ1) is 12.5. The molecule has 0 fully saturated rings. The molecule has 0 spiro atoms. The van der Waals surface area contributed by atoms with Crippen molar-refractivity contribution in [2.45, 2.75) is 19.2 Å². The van der Waals surface area contributed by atoms with Crippen LogP contribution in [0.5, 0.6) is 5.75 Å². The molecule has 0 aliphatic rings. The van der Waals surface area contributed by atoms with Crippen molar-refractivity contribution in [3.8, 4) is 5.75 Å². The molecule has 152 valence electrons. The Morgan fingerprint density at radius 1 is 1.37 bits per heavy atom. The Hall–Kier alpha value is -2.70. The van der Waals surface area contributed by atoms with Crippen LogP contribution >= 0.6 is 0 Å². The largest absolute Gasteiger partial charge is 0.433 e. The van der Waals surface area contributed by atoms with Gasteiger partial charge in [0.1, 0.15) is 5.75 Å². The van der Waals surface area contributed by atoms with Gasteiger partial charge in [-0.3, -0.25) is 15.0 Å². The first-order valence-corrected chi connectivity index (χ1v) is 7.51. The van der Waals surface area contributed by atoms with Gasteiger partial charge in [0, 0.05) is 18.7 Å². The SMILES string of the molecule is CN(CCCNC(=O)Nc1cc([N+](=O)[O-])ccc1OC(F)F)CC(F)(F)F. The highest BCUT2D eigenvalue weighted by atomic mass is 19.4. The van der Waals surface area contributed by atoms with Crippen LogP contribution in [0.25, 0.3) is 0 Å². The predicted molar refractivity (Wildman–Crippen MR) is 84.9 cm³/mol. The molecule has 8 nitrogen and oxygen atoms in total. The van der Waals surface area contributed by atoms with E-state index in [0.29, 0.717) is 0 Å². The minimum Gasteiger partial charge on any atom is -0.433 e. The molecule has 0 unspecified atom stereocenters. The Balaban J connectivity index is 2.57. The standard InChI is InChI=1S/C14H17F5N4O4/c1-22(8-14(17,18)19)6-2-5-20-13(24)21-10-7-9(23(25)26)3-4-11(10)27-12(15)16/h3-4,7,12H,2,5-6,8H2,1H3,(H2,20,21,24). The molecule has 13 heteroatoms. The van der Waals surface area contributed by atoms with Crippen molar-refractivity contribution in [3.63, 3.8) is 0 Å². The summed E-state index contributed by atoms with van der Waals surface area (Å²) in [6.45, 7) is -4.26. The van der Waals surface area contributed by atoms with E-state index in [9.17, 15) is 36.9 Å². The average molecular weight is 400 g/mol. The molecule has 1 aromatic rings. The van der Waals surface area contributed by atoms with Gasteiger partial charge >= 0.3 is 18.8 Å². The maximum absolute atomic E-state index is 12.4. The van der Waals surface area contributed by atoms with Crippen LogP contribution in [-0.2, 0) is 0 Å². The molecular formula is C14H17F5N4O4. The van der Waals surface area contributed by atoms with E-state index in [1.165, 1.54) is 7.05 Å². The number of anilines is 1. The van der Waals surface area contributed by atoms with Gasteiger partial charge in [-0.2, -0.15) is 22.0 Å². The van der Waals surface area contributed by atoms with E-state index in [1.807, 2.05) is 0 Å². The highest BCUT2D eigenvalue weighted by Crippen LogP contribution is 2.30. The summed E-state index contributed by atoms with van der Waals surface area (Å²) in [6.07, 6.45) is -4.14. The molecule has 0 bridgehead atoms. The molecule has 0 aliphatic carbocycles. The van der Waals surface area contributed by atoms with Crippen LogP contribution < -0.4 is 15.4 Å². The maximum atomic E-state index is 12.4. The molecule has 0 saturated carbocycles. The minimum atomic E-state index is -4.33. The van der Waals surface area contributed by atoms with Crippen LogP contribution in [0.2, 0.25) is 0 Å². The zero-order valence-corrected chi connectivity index (χ0v) is 14.1. The zero-order chi connectivity index (χ0) is 20.6. The second-order valence-corrected chi connectivity index (χ2v) is 5.40. The third-order valence-electron chi connectivity index (χ3n) is 3.09. The summed E-state index contributed by atoms with van der Waals surface area (Å²) in [7, 11) is 1.27. The summed E-state index contributed by atoms with van der Waals surface area (Å²) in [6, 6.07) is 1.80. The molecule has 27 heavy (non-hydrogen) atoms. The molecule has 0 heterocycles. The van der Waals surface area contributed by atoms with E-state index in [0.717, 1.165) is 23.1 Å². The van der Waals surface area contributed by atoms with Crippen LogP contribution in [0.15, 0.2) is 18.2 Å². The number of carbonyl (C=O) groups excluding carboxylic acids is 1. The summed E-state index contributed by atoms with van der Waals surface area (Å²) in [4.78, 5) is 22.8. The number of nitrogens with zero attached hydrogens (tertiary/aromatic N) is 2. The summed E-state index contributed by atoms with van der Waals surface area (Å²) >= 11 is 0. The molecule has 0 atom stereocenters. The molecule has 2 amide bonds. The van der Waals surface area contributed by atoms with Crippen molar-refractivity contribution < 1.29 is 36.4 Å². The predicted octanol–water partition coefficient (Wildman–Crippen LogP) is 3.20. The number of nitrogens with one attached hydrogen (secondary N) is 2. The van der Waals surface area contributed by atoms with E-state index < -0.39 is 41.7 Å². The number of urea groups is 1. The minimum absolute atomic E-state index is 0.00596. The second-order valence-electron chi connectivity index (χ2n) is 5.40. The van der Waals surface area contributed by atoms with Crippen molar-refractivity contribution in [1.82, 2.24) is 10.2 Å². The van der Waals surface area contributed by atoms with E-state index in [1.54, 1.807) is 0 Å². The summed E-state index contributed by atoms with van der Waals surface area (Å²) in [5.41, 5.74) is -0.808. The first-order valence-electron chi connectivity index (χ1n) is 7.51. The number of non-ortho nitro benzene ring substituents is 1. The van der Waals surface area contributed by atoms with Gasteiger partial charge in [-0.05, 0) is 26.1 Å². The fraction of sp³-hybridized carbons (Fsp3) is 0.500. The number of carbonyl (C=O) groups is 1. The van der Waals surface area contributed by atoms with E-state index in [2.05, 4.69) is 15.4 Å². The Morgan fingerprint density at radius 2 is 2.04 bits per heavy atom. The van der Waals surface area contributed by atoms with Gasteiger partial charge in [0.15, 0.2) is 0 Å². The van der Waals surface area contributed by atoms with Crippen LogP contribution in [0.3, 0.4) is 0 Å². The van der Waals surface area contributed by atoms with Crippen molar-refractivity contribution in [2.24, 2.45) is 0 Å². The average Bonchev–Trinajstić information content (AvgIpc) is 2.51. The normalized spacial score (nSPS) is 11.6. The summed E-state index contributed by atoms with van der Waals surface area (Å²) in [5, 5.41) is 15.2. The number of ether oxygens (including phenoxy) is 1. The molecule has 1 aromatic carbocycles. The van der Waals surface area contributed by atoms with Gasteiger partial charge in [-0.15, -0.1) is 0 Å². The fourth-order valence-corrected chi connectivity index (χ4v) is 2.03. The number of alkyl halides is 5. The number of hydrogen-bond acceptors (Lipinski definition) is 5. The van der Waals surface area contributed by atoms with E-state index >= 15 is 0 Å². The lowest BCUT2D eigenvalue weighted by Gasteiger charge is -2.18. The topological polar surface area (TPSA) is 96.7 Å². The quantitative estimate of drug-likeness (QED) is 0.287. The lowest BCUT2D eigenvalue weighted by Crippen LogP contribution is -2.35. The smallest absolute Gasteiger partial charge is 0.401 e. The molecule has 0 aromatic heterocycles. The fourth-order valence-electron chi connectivity index (χ4n) is 2.03. The number of halogens is 5. The zero-order valence-electron chi connectivity index (χ0n) is 14.1. The van der Waals surface area contributed by atoms with Gasteiger partial charge in [0.25, 0.3) is 5.69 Å². The molecule has 2 N–H and O–H groups in total. The van der Waals surface area contributed by atoms with Gasteiger partial charge < -0.3 is 15.4 Å². The number of amides is 2. The lowest BCUT2D eigenvalue weighted by molar-refractivity contribution is -0.384. The monoisotopic (exact) mass is 400 g/mol. The molecular weight excluding hydrogens is 383 g/mol. The number of hydrogen-bond donors (Lipinski definition) is 2. The van der Waals surface area contributed by atoms with Crippen molar-refractivity contribution >= 4 is 17.4 Å². The summed E-state index contributed by atoms with van der Waals surface area (Å²) < 4.78 is 65.4. The van der Waals surface area contributed by atoms with Gasteiger partial charge in [0.05, 0.1) is 17.2 Å². The number of benzene rings is 1. The Morgan fingerprint density at radius 3 is 2.59 bits per heavy atom. The van der Waals surface area contributed by atoms with E-state index in [4.69, 9.17) is 0 Å². The lowest BCUT2D eigenvalue weighted by atomic mass is 10.2. The highest BCUT2D eigenvalue weighted by molar-refractivity contribution is 5.91. The third-order valence-corrected chi connectivity index (χ3v) is 3.09. The van der Waals surface area contributed by atoms with Gasteiger partial charge in [-0.25, -0.2) is 4.79 Å². The molecule has 1 rings (SSSR count). The van der Waals surface area contributed by atoms with Crippen molar-refractivity contribution in [3.05, 3.63) is 28.3 Å². The molecule has 0 saturated heterocycles. The summed E-state index contributed by atoms with van der Waals surface area (Å²) in [5.74, 6) is -0.476. The van der Waals surface area contributed by atoms with Crippen molar-refractivity contribution in [2.75, 3.05) is 32.0 Å². The molecule has 0 aliphatic heterocycles. The van der Waals surface area contributed by atoms with Crippen LogP contribution in [0.1, 0.15) is 6.42 Å². The Kier molecular flexibility index (Phi) is 8.15. The Bertz CT molecular complexity index is 657.